The molecule has 0 aliphatic heterocycles. The van der Waals surface area contributed by atoms with Crippen LogP contribution in [0.2, 0.25) is 0 Å². The number of likely N-dealkylation sites (N-methyl/N-ethyl adjacent to an activating group) is 1. The summed E-state index contributed by atoms with van der Waals surface area (Å²) < 4.78 is 0. The Kier molecular flexibility index (Phi) is 5.91. The van der Waals surface area contributed by atoms with Crippen LogP contribution in [0.25, 0.3) is 10.6 Å². The Balaban J connectivity index is 2.14. The predicted octanol–water partition coefficient (Wildman–Crippen LogP) is 3.53. The lowest BCUT2D eigenvalue weighted by Gasteiger charge is -2.28. The summed E-state index contributed by atoms with van der Waals surface area (Å²) in [5.74, 6) is 0.0868. The highest BCUT2D eigenvalue weighted by molar-refractivity contribution is 7.13. The minimum atomic E-state index is 0.0868. The normalized spacial score (nSPS) is 11.3. The van der Waals surface area contributed by atoms with Crippen LogP contribution in [0.5, 0.6) is 0 Å². The van der Waals surface area contributed by atoms with Gasteiger partial charge >= 0.3 is 0 Å². The first-order valence-electron chi connectivity index (χ1n) is 7.86. The molecule has 0 N–H and O–H groups in total. The number of hydrogen-bond acceptors (Lipinski definition) is 4. The maximum atomic E-state index is 12.7. The lowest BCUT2D eigenvalue weighted by atomic mass is 10.1. The topological polar surface area (TPSA) is 36.4 Å². The predicted molar refractivity (Wildman–Crippen MR) is 97.0 cm³/mol. The number of benzene rings is 1. The Bertz CT molecular complexity index is 647. The van der Waals surface area contributed by atoms with Gasteiger partial charge in [-0.3, -0.25) is 4.79 Å². The average molecular weight is 331 g/mol. The van der Waals surface area contributed by atoms with Crippen LogP contribution < -0.4 is 0 Å². The zero-order valence-electron chi connectivity index (χ0n) is 14.5. The molecule has 0 spiro atoms. The van der Waals surface area contributed by atoms with Crippen LogP contribution in [-0.4, -0.2) is 53.9 Å². The van der Waals surface area contributed by atoms with Crippen LogP contribution >= 0.6 is 11.3 Å². The van der Waals surface area contributed by atoms with Crippen molar-refractivity contribution in [2.75, 3.05) is 27.2 Å². The summed E-state index contributed by atoms with van der Waals surface area (Å²) in [7, 11) is 4.04. The third kappa shape index (κ3) is 4.62. The minimum absolute atomic E-state index is 0.0868. The first-order valence-corrected chi connectivity index (χ1v) is 8.74. The fourth-order valence-electron chi connectivity index (χ4n) is 2.31. The van der Waals surface area contributed by atoms with E-state index >= 15 is 0 Å². The molecule has 1 heterocycles. The molecular formula is C18H25N3OS. The van der Waals surface area contributed by atoms with Gasteiger partial charge in [-0.25, -0.2) is 4.98 Å². The van der Waals surface area contributed by atoms with Crippen LogP contribution in [0.15, 0.2) is 29.6 Å². The van der Waals surface area contributed by atoms with E-state index < -0.39 is 0 Å². The summed E-state index contributed by atoms with van der Waals surface area (Å²) >= 11 is 1.63. The second-order valence-electron chi connectivity index (χ2n) is 6.27. The standard InChI is InChI=1S/C18H25N3OS/c1-13(2)21(11-10-20(4)5)18(22)16-8-6-15(7-9-16)17-19-14(3)12-23-17/h6-9,12-13H,10-11H2,1-5H3. The summed E-state index contributed by atoms with van der Waals surface area (Å²) in [5.41, 5.74) is 2.82. The molecule has 1 amide bonds. The molecule has 4 nitrogen and oxygen atoms in total. The molecule has 0 bridgehead atoms. The van der Waals surface area contributed by atoms with Crippen LogP contribution in [-0.2, 0) is 0 Å². The molecular weight excluding hydrogens is 306 g/mol. The summed E-state index contributed by atoms with van der Waals surface area (Å²) in [4.78, 5) is 21.2. The summed E-state index contributed by atoms with van der Waals surface area (Å²) in [6.45, 7) is 7.70. The van der Waals surface area contributed by atoms with Crippen molar-refractivity contribution < 1.29 is 4.79 Å². The van der Waals surface area contributed by atoms with E-state index in [0.717, 1.165) is 34.9 Å². The fraction of sp³-hybridized carbons (Fsp3) is 0.444. The number of hydrogen-bond donors (Lipinski definition) is 0. The summed E-state index contributed by atoms with van der Waals surface area (Å²) in [6, 6.07) is 7.95. The molecule has 124 valence electrons. The maximum Gasteiger partial charge on any atom is 0.254 e. The quantitative estimate of drug-likeness (QED) is 0.812. The van der Waals surface area contributed by atoms with Crippen molar-refractivity contribution in [1.29, 1.82) is 0 Å². The van der Waals surface area contributed by atoms with Crippen LogP contribution in [0.3, 0.4) is 0 Å². The molecule has 0 aliphatic rings. The zero-order chi connectivity index (χ0) is 17.0. The number of aromatic nitrogens is 1. The van der Waals surface area contributed by atoms with Crippen molar-refractivity contribution in [3.05, 3.63) is 40.9 Å². The van der Waals surface area contributed by atoms with Gasteiger partial charge in [0.15, 0.2) is 0 Å². The van der Waals surface area contributed by atoms with Crippen LogP contribution in [0.4, 0.5) is 0 Å². The Hall–Kier alpha value is -1.72. The van der Waals surface area contributed by atoms with Crippen LogP contribution in [0.1, 0.15) is 29.9 Å². The smallest absolute Gasteiger partial charge is 0.254 e. The van der Waals surface area contributed by atoms with E-state index in [9.17, 15) is 4.79 Å². The monoisotopic (exact) mass is 331 g/mol. The molecule has 0 fully saturated rings. The zero-order valence-corrected chi connectivity index (χ0v) is 15.4. The summed E-state index contributed by atoms with van der Waals surface area (Å²) in [6.07, 6.45) is 0. The van der Waals surface area contributed by atoms with Crippen molar-refractivity contribution >= 4 is 17.2 Å². The first-order chi connectivity index (χ1) is 10.9. The third-order valence-electron chi connectivity index (χ3n) is 3.67. The van der Waals surface area contributed by atoms with Gasteiger partial charge < -0.3 is 9.80 Å². The molecule has 0 radical (unpaired) electrons. The van der Waals surface area contributed by atoms with Gasteiger partial charge in [0.25, 0.3) is 5.91 Å². The largest absolute Gasteiger partial charge is 0.335 e. The van der Waals surface area contributed by atoms with E-state index in [-0.39, 0.29) is 11.9 Å². The van der Waals surface area contributed by atoms with E-state index in [1.54, 1.807) is 11.3 Å². The number of nitrogens with zero attached hydrogens (tertiary/aromatic N) is 3. The van der Waals surface area contributed by atoms with Crippen LogP contribution in [0, 0.1) is 6.92 Å². The van der Waals surface area contributed by atoms with Gasteiger partial charge in [0, 0.05) is 41.3 Å². The molecule has 0 aliphatic carbocycles. The number of carbonyl (C=O) groups is 1. The highest BCUT2D eigenvalue weighted by atomic mass is 32.1. The lowest BCUT2D eigenvalue weighted by Crippen LogP contribution is -2.41. The molecule has 0 saturated heterocycles. The SMILES string of the molecule is Cc1csc(-c2ccc(C(=O)N(CCN(C)C)C(C)C)cc2)n1. The third-order valence-corrected chi connectivity index (χ3v) is 4.68. The second-order valence-corrected chi connectivity index (χ2v) is 7.13. The molecule has 1 aromatic heterocycles. The van der Waals surface area contributed by atoms with Gasteiger partial charge in [-0.1, -0.05) is 12.1 Å². The molecule has 2 aromatic rings. The van der Waals surface area contributed by atoms with Gasteiger partial charge in [-0.2, -0.15) is 0 Å². The number of aryl methyl sites for hydroxylation is 1. The number of thiazole rings is 1. The fourth-order valence-corrected chi connectivity index (χ4v) is 3.11. The highest BCUT2D eigenvalue weighted by Gasteiger charge is 2.18. The van der Waals surface area contributed by atoms with Crippen molar-refractivity contribution in [2.45, 2.75) is 26.8 Å². The van der Waals surface area contributed by atoms with Gasteiger partial charge in [0.1, 0.15) is 5.01 Å². The Morgan fingerprint density at radius 1 is 1.17 bits per heavy atom. The number of amides is 1. The summed E-state index contributed by atoms with van der Waals surface area (Å²) in [5, 5.41) is 3.03. The van der Waals surface area contributed by atoms with Gasteiger partial charge in [-0.15, -0.1) is 11.3 Å². The average Bonchev–Trinajstić information content (AvgIpc) is 2.93. The maximum absolute atomic E-state index is 12.7. The molecule has 5 heteroatoms. The van der Waals surface area contributed by atoms with E-state index in [0.29, 0.717) is 0 Å². The van der Waals surface area contributed by atoms with Crippen molar-refractivity contribution in [3.8, 4) is 10.6 Å². The van der Waals surface area contributed by atoms with Crippen molar-refractivity contribution in [2.24, 2.45) is 0 Å². The Morgan fingerprint density at radius 2 is 1.83 bits per heavy atom. The van der Waals surface area contributed by atoms with E-state index in [1.165, 1.54) is 0 Å². The first kappa shape index (κ1) is 17.6. The Morgan fingerprint density at radius 3 is 2.30 bits per heavy atom. The molecule has 23 heavy (non-hydrogen) atoms. The van der Waals surface area contributed by atoms with Crippen molar-refractivity contribution in [3.63, 3.8) is 0 Å². The minimum Gasteiger partial charge on any atom is -0.335 e. The second kappa shape index (κ2) is 7.70. The molecule has 1 aromatic carbocycles. The molecule has 0 atom stereocenters. The van der Waals surface area contributed by atoms with Gasteiger partial charge in [0.2, 0.25) is 0 Å². The lowest BCUT2D eigenvalue weighted by molar-refractivity contribution is 0.0693. The van der Waals surface area contributed by atoms with E-state index in [4.69, 9.17) is 0 Å². The molecule has 2 rings (SSSR count). The molecule has 0 saturated carbocycles. The van der Waals surface area contributed by atoms with E-state index in [1.807, 2.05) is 55.6 Å². The van der Waals surface area contributed by atoms with Gasteiger partial charge in [0.05, 0.1) is 0 Å². The number of rotatable bonds is 6. The highest BCUT2D eigenvalue weighted by Crippen LogP contribution is 2.24. The van der Waals surface area contributed by atoms with E-state index in [2.05, 4.69) is 23.7 Å². The number of carbonyl (C=O) groups excluding carboxylic acids is 1. The Labute approximate surface area is 142 Å². The van der Waals surface area contributed by atoms with Gasteiger partial charge in [-0.05, 0) is 47.0 Å². The van der Waals surface area contributed by atoms with Crippen molar-refractivity contribution in [1.82, 2.24) is 14.8 Å². The molecule has 0 unspecified atom stereocenters.